The van der Waals surface area contributed by atoms with Gasteiger partial charge in [0.15, 0.2) is 0 Å². The van der Waals surface area contributed by atoms with Crippen molar-refractivity contribution in [1.82, 2.24) is 20.9 Å². The standard InChI is InChI=1S/C28H44N5O9P/c1-18(2)16-23(28(38)33-15-7-8-24(33)27(37)30-14-6-4-5-9-25(29)35)32-26(36)22(31-19(3)34)17-20-10-12-21(13-11-20)42-43(39,40)41/h10-13,18,22-24H,4-9,14-17H2,1-3H3,(H2,29,35)(H,30,37)(H,31,34)(H,32,36)(H2,39,40,41)/t22-,23-,24-/m0/s1. The fourth-order valence-electron chi connectivity index (χ4n) is 4.91. The summed E-state index contributed by atoms with van der Waals surface area (Å²) in [6, 6.07) is 3.06. The zero-order chi connectivity index (χ0) is 32.2. The van der Waals surface area contributed by atoms with Crippen LogP contribution in [0.25, 0.3) is 0 Å². The fraction of sp³-hybridized carbons (Fsp3) is 0.607. The largest absolute Gasteiger partial charge is 0.524 e. The van der Waals surface area contributed by atoms with Crippen LogP contribution in [0, 0.1) is 5.92 Å². The first kappa shape index (κ1) is 35.7. The van der Waals surface area contributed by atoms with Gasteiger partial charge in [-0.1, -0.05) is 32.4 Å². The van der Waals surface area contributed by atoms with Gasteiger partial charge in [-0.05, 0) is 55.7 Å². The minimum Gasteiger partial charge on any atom is -0.404 e. The van der Waals surface area contributed by atoms with E-state index in [2.05, 4.69) is 20.5 Å². The van der Waals surface area contributed by atoms with Gasteiger partial charge in [0.05, 0.1) is 0 Å². The van der Waals surface area contributed by atoms with Gasteiger partial charge in [0.25, 0.3) is 0 Å². The van der Waals surface area contributed by atoms with Crippen LogP contribution in [0.5, 0.6) is 5.75 Å². The Kier molecular flexibility index (Phi) is 14.1. The molecule has 1 aliphatic rings. The molecule has 0 aliphatic carbocycles. The van der Waals surface area contributed by atoms with E-state index in [1.807, 2.05) is 13.8 Å². The number of nitrogens with zero attached hydrogens (tertiary/aromatic N) is 1. The predicted molar refractivity (Wildman–Crippen MR) is 157 cm³/mol. The van der Waals surface area contributed by atoms with Gasteiger partial charge in [-0.2, -0.15) is 0 Å². The molecule has 1 heterocycles. The molecule has 2 rings (SSSR count). The SMILES string of the molecule is CC(=O)N[C@@H](Cc1ccc(OP(=O)(O)O)cc1)C(=O)N[C@@H](CC(C)C)C(=O)N1CCC[C@H]1C(=O)NCCCCCC(N)=O. The molecule has 0 aromatic heterocycles. The minimum atomic E-state index is -4.73. The number of unbranched alkanes of at least 4 members (excludes halogenated alkanes) is 2. The van der Waals surface area contributed by atoms with Crippen molar-refractivity contribution in [3.05, 3.63) is 29.8 Å². The lowest BCUT2D eigenvalue weighted by Crippen LogP contribution is -2.57. The van der Waals surface area contributed by atoms with Crippen molar-refractivity contribution in [2.24, 2.45) is 11.7 Å². The van der Waals surface area contributed by atoms with Crippen molar-refractivity contribution in [3.8, 4) is 5.75 Å². The third-order valence-corrected chi connectivity index (χ3v) is 7.29. The minimum absolute atomic E-state index is 0.0327. The molecule has 15 heteroatoms. The van der Waals surface area contributed by atoms with Crippen molar-refractivity contribution in [2.45, 2.75) is 90.3 Å². The summed E-state index contributed by atoms with van der Waals surface area (Å²) in [4.78, 5) is 82.3. The number of carbonyl (C=O) groups excluding carboxylic acids is 5. The Balaban J connectivity index is 2.08. The van der Waals surface area contributed by atoms with Crippen LogP contribution in [-0.4, -0.2) is 75.4 Å². The van der Waals surface area contributed by atoms with E-state index >= 15 is 0 Å². The number of benzene rings is 1. The molecule has 1 aromatic carbocycles. The number of rotatable bonds is 17. The van der Waals surface area contributed by atoms with Crippen LogP contribution < -0.4 is 26.2 Å². The lowest BCUT2D eigenvalue weighted by Gasteiger charge is -2.30. The Morgan fingerprint density at radius 3 is 2.30 bits per heavy atom. The Hall–Kier alpha value is -3.48. The number of carbonyl (C=O) groups is 5. The molecule has 1 saturated heterocycles. The van der Waals surface area contributed by atoms with E-state index < -0.39 is 37.8 Å². The molecular formula is C28H44N5O9P. The lowest BCUT2D eigenvalue weighted by molar-refractivity contribution is -0.142. The van der Waals surface area contributed by atoms with E-state index in [-0.39, 0.29) is 35.8 Å². The van der Waals surface area contributed by atoms with E-state index in [9.17, 15) is 28.5 Å². The van der Waals surface area contributed by atoms with Gasteiger partial charge in [0.1, 0.15) is 23.9 Å². The third-order valence-electron chi connectivity index (χ3n) is 6.84. The van der Waals surface area contributed by atoms with Gasteiger partial charge < -0.3 is 31.1 Å². The molecular weight excluding hydrogens is 581 g/mol. The van der Waals surface area contributed by atoms with Crippen molar-refractivity contribution in [2.75, 3.05) is 13.1 Å². The number of nitrogens with one attached hydrogen (secondary N) is 3. The number of amides is 5. The monoisotopic (exact) mass is 625 g/mol. The molecule has 0 saturated carbocycles. The number of likely N-dealkylation sites (tertiary alicyclic amines) is 1. The maximum absolute atomic E-state index is 13.7. The van der Waals surface area contributed by atoms with Crippen LogP contribution in [0.1, 0.15) is 71.3 Å². The molecule has 1 aromatic rings. The maximum atomic E-state index is 13.7. The maximum Gasteiger partial charge on any atom is 0.524 e. The van der Waals surface area contributed by atoms with Crippen molar-refractivity contribution in [3.63, 3.8) is 0 Å². The molecule has 0 spiro atoms. The van der Waals surface area contributed by atoms with Crippen molar-refractivity contribution < 1.29 is 42.8 Å². The Morgan fingerprint density at radius 2 is 1.72 bits per heavy atom. The summed E-state index contributed by atoms with van der Waals surface area (Å²) >= 11 is 0. The topological polar surface area (TPSA) is 217 Å². The van der Waals surface area contributed by atoms with Crippen LogP contribution in [-0.2, 0) is 35.0 Å². The predicted octanol–water partition coefficient (Wildman–Crippen LogP) is 0.889. The Bertz CT molecular complexity index is 1170. The Morgan fingerprint density at radius 1 is 1.05 bits per heavy atom. The molecule has 0 bridgehead atoms. The van der Waals surface area contributed by atoms with Gasteiger partial charge in [-0.25, -0.2) is 4.57 Å². The van der Waals surface area contributed by atoms with E-state index in [4.69, 9.17) is 15.5 Å². The molecule has 1 fully saturated rings. The molecule has 5 amide bonds. The average Bonchev–Trinajstić information content (AvgIpc) is 3.39. The average molecular weight is 626 g/mol. The second-order valence-electron chi connectivity index (χ2n) is 11.1. The normalized spacial score (nSPS) is 16.3. The highest BCUT2D eigenvalue weighted by Gasteiger charge is 2.38. The number of phosphoric ester groups is 1. The summed E-state index contributed by atoms with van der Waals surface area (Å²) in [5, 5.41) is 8.25. The van der Waals surface area contributed by atoms with E-state index in [1.165, 1.54) is 36.1 Å². The summed E-state index contributed by atoms with van der Waals surface area (Å²) in [5.41, 5.74) is 5.72. The summed E-state index contributed by atoms with van der Waals surface area (Å²) < 4.78 is 15.6. The van der Waals surface area contributed by atoms with E-state index in [0.29, 0.717) is 57.2 Å². The highest BCUT2D eigenvalue weighted by Crippen LogP contribution is 2.37. The van der Waals surface area contributed by atoms with Gasteiger partial charge >= 0.3 is 7.82 Å². The first-order valence-corrected chi connectivity index (χ1v) is 16.0. The van der Waals surface area contributed by atoms with Gasteiger partial charge in [-0.3, -0.25) is 33.8 Å². The van der Waals surface area contributed by atoms with Crippen LogP contribution in [0.4, 0.5) is 0 Å². The number of hydrogen-bond acceptors (Lipinski definition) is 7. The van der Waals surface area contributed by atoms with E-state index in [0.717, 1.165) is 6.42 Å². The highest BCUT2D eigenvalue weighted by atomic mass is 31.2. The Labute approximate surface area is 251 Å². The molecule has 14 nitrogen and oxygen atoms in total. The summed E-state index contributed by atoms with van der Waals surface area (Å²) in [6.07, 6.45) is 3.85. The molecule has 240 valence electrons. The van der Waals surface area contributed by atoms with Crippen LogP contribution >= 0.6 is 7.82 Å². The molecule has 0 radical (unpaired) electrons. The van der Waals surface area contributed by atoms with Gasteiger partial charge in [0, 0.05) is 32.9 Å². The van der Waals surface area contributed by atoms with Crippen LogP contribution in [0.2, 0.25) is 0 Å². The number of phosphoric acid groups is 1. The van der Waals surface area contributed by atoms with E-state index in [1.54, 1.807) is 0 Å². The van der Waals surface area contributed by atoms with Gasteiger partial charge in [0.2, 0.25) is 29.5 Å². The molecule has 3 atom stereocenters. The molecule has 1 aliphatic heterocycles. The number of nitrogens with two attached hydrogens (primary N) is 1. The first-order chi connectivity index (χ1) is 20.2. The number of hydrogen-bond donors (Lipinski definition) is 6. The van der Waals surface area contributed by atoms with Crippen molar-refractivity contribution >= 4 is 37.4 Å². The first-order valence-electron chi connectivity index (χ1n) is 14.4. The summed E-state index contributed by atoms with van der Waals surface area (Å²) in [6.45, 7) is 5.86. The second kappa shape index (κ2) is 17.0. The smallest absolute Gasteiger partial charge is 0.404 e. The number of primary amides is 1. The summed E-state index contributed by atoms with van der Waals surface area (Å²) in [7, 11) is -4.73. The fourth-order valence-corrected chi connectivity index (χ4v) is 5.31. The third kappa shape index (κ3) is 13.1. The highest BCUT2D eigenvalue weighted by molar-refractivity contribution is 7.46. The second-order valence-corrected chi connectivity index (χ2v) is 12.3. The lowest BCUT2D eigenvalue weighted by atomic mass is 10.00. The molecule has 0 unspecified atom stereocenters. The van der Waals surface area contributed by atoms with Crippen LogP contribution in [0.3, 0.4) is 0 Å². The van der Waals surface area contributed by atoms with Crippen LogP contribution in [0.15, 0.2) is 24.3 Å². The zero-order valence-electron chi connectivity index (χ0n) is 24.9. The van der Waals surface area contributed by atoms with Crippen molar-refractivity contribution in [1.29, 1.82) is 0 Å². The molecule has 43 heavy (non-hydrogen) atoms. The summed E-state index contributed by atoms with van der Waals surface area (Å²) in [5.74, 6) is -2.07. The zero-order valence-corrected chi connectivity index (χ0v) is 25.8. The molecule has 7 N–H and O–H groups in total. The van der Waals surface area contributed by atoms with Gasteiger partial charge in [-0.15, -0.1) is 0 Å². The quantitative estimate of drug-likeness (QED) is 0.107.